The highest BCUT2D eigenvalue weighted by Crippen LogP contribution is 2.22. The molecule has 114 valence electrons. The first kappa shape index (κ1) is 15.4. The number of halogens is 2. The van der Waals surface area contributed by atoms with Crippen LogP contribution in [0.5, 0.6) is 0 Å². The molecule has 0 fully saturated rings. The van der Waals surface area contributed by atoms with E-state index in [9.17, 15) is 18.4 Å². The number of benzene rings is 2. The molecule has 0 atom stereocenters. The molecule has 0 unspecified atom stereocenters. The molecule has 7 heteroatoms. The van der Waals surface area contributed by atoms with Crippen LogP contribution >= 0.6 is 0 Å². The number of carboxylic acid groups (broad SMARTS) is 1. The van der Waals surface area contributed by atoms with Gasteiger partial charge in [0, 0.05) is 6.07 Å². The topological polar surface area (TPSA) is 75.6 Å². The van der Waals surface area contributed by atoms with Gasteiger partial charge < -0.3 is 9.84 Å². The maximum atomic E-state index is 13.6. The van der Waals surface area contributed by atoms with Gasteiger partial charge in [-0.3, -0.25) is 5.32 Å². The Kier molecular flexibility index (Phi) is 4.67. The SMILES string of the molecule is O=C(Nc1c(F)cc(F)cc1C(=O)O)OCc1ccccc1. The Morgan fingerprint density at radius 1 is 1.14 bits per heavy atom. The standard InChI is InChI=1S/C15H11F2NO4/c16-10-6-11(14(19)20)13(12(17)7-10)18-15(21)22-8-9-4-2-1-3-5-9/h1-7H,8H2,(H,18,21)(H,19,20). The van der Waals surface area contributed by atoms with Gasteiger partial charge in [0.2, 0.25) is 0 Å². The summed E-state index contributed by atoms with van der Waals surface area (Å²) in [7, 11) is 0. The minimum Gasteiger partial charge on any atom is -0.478 e. The van der Waals surface area contributed by atoms with Crippen LogP contribution in [-0.2, 0) is 11.3 Å². The van der Waals surface area contributed by atoms with Gasteiger partial charge in [0.25, 0.3) is 0 Å². The summed E-state index contributed by atoms with van der Waals surface area (Å²) < 4.78 is 31.5. The Morgan fingerprint density at radius 3 is 2.45 bits per heavy atom. The van der Waals surface area contributed by atoms with E-state index < -0.39 is 34.9 Å². The molecule has 0 saturated carbocycles. The second-order valence-electron chi connectivity index (χ2n) is 4.30. The average Bonchev–Trinajstić information content (AvgIpc) is 2.48. The fourth-order valence-electron chi connectivity index (χ4n) is 1.73. The summed E-state index contributed by atoms with van der Waals surface area (Å²) >= 11 is 0. The van der Waals surface area contributed by atoms with E-state index in [1.165, 1.54) is 0 Å². The fourth-order valence-corrected chi connectivity index (χ4v) is 1.73. The second kappa shape index (κ2) is 6.66. The Hall–Kier alpha value is -2.96. The zero-order chi connectivity index (χ0) is 16.1. The number of anilines is 1. The van der Waals surface area contributed by atoms with E-state index >= 15 is 0 Å². The second-order valence-corrected chi connectivity index (χ2v) is 4.30. The van der Waals surface area contributed by atoms with Crippen LogP contribution in [-0.4, -0.2) is 17.2 Å². The lowest BCUT2D eigenvalue weighted by molar-refractivity contribution is 0.0697. The number of ether oxygens (including phenoxy) is 1. The van der Waals surface area contributed by atoms with Crippen LogP contribution in [0.3, 0.4) is 0 Å². The van der Waals surface area contributed by atoms with Crippen molar-refractivity contribution in [3.63, 3.8) is 0 Å². The van der Waals surface area contributed by atoms with Crippen LogP contribution in [0.25, 0.3) is 0 Å². The highest BCUT2D eigenvalue weighted by Gasteiger charge is 2.19. The molecular weight excluding hydrogens is 296 g/mol. The maximum Gasteiger partial charge on any atom is 0.412 e. The van der Waals surface area contributed by atoms with Crippen LogP contribution < -0.4 is 5.32 Å². The maximum absolute atomic E-state index is 13.6. The van der Waals surface area contributed by atoms with Gasteiger partial charge in [-0.15, -0.1) is 0 Å². The van der Waals surface area contributed by atoms with Crippen molar-refractivity contribution in [1.82, 2.24) is 0 Å². The summed E-state index contributed by atoms with van der Waals surface area (Å²) in [6, 6.07) is 9.80. The first-order chi connectivity index (χ1) is 10.5. The van der Waals surface area contributed by atoms with Crippen LogP contribution in [0.2, 0.25) is 0 Å². The van der Waals surface area contributed by atoms with Crippen molar-refractivity contribution in [3.05, 3.63) is 65.2 Å². The van der Waals surface area contributed by atoms with Crippen LogP contribution in [0.4, 0.5) is 19.3 Å². The van der Waals surface area contributed by atoms with E-state index in [2.05, 4.69) is 0 Å². The zero-order valence-electron chi connectivity index (χ0n) is 11.2. The lowest BCUT2D eigenvalue weighted by atomic mass is 10.1. The van der Waals surface area contributed by atoms with Crippen molar-refractivity contribution in [3.8, 4) is 0 Å². The van der Waals surface area contributed by atoms with Crippen molar-refractivity contribution in [2.75, 3.05) is 5.32 Å². The first-order valence-corrected chi connectivity index (χ1v) is 6.17. The molecule has 0 aromatic heterocycles. The van der Waals surface area contributed by atoms with Crippen LogP contribution in [0.15, 0.2) is 42.5 Å². The summed E-state index contributed by atoms with van der Waals surface area (Å²) in [5.41, 5.74) is -0.642. The zero-order valence-corrected chi connectivity index (χ0v) is 11.2. The van der Waals surface area contributed by atoms with E-state index in [4.69, 9.17) is 9.84 Å². The van der Waals surface area contributed by atoms with Crippen LogP contribution in [0, 0.1) is 11.6 Å². The van der Waals surface area contributed by atoms with E-state index in [0.717, 1.165) is 0 Å². The van der Waals surface area contributed by atoms with E-state index in [-0.39, 0.29) is 6.61 Å². The molecule has 22 heavy (non-hydrogen) atoms. The first-order valence-electron chi connectivity index (χ1n) is 6.17. The molecule has 0 radical (unpaired) electrons. The number of hydrogen-bond acceptors (Lipinski definition) is 3. The van der Waals surface area contributed by atoms with E-state index in [1.807, 2.05) is 5.32 Å². The third kappa shape index (κ3) is 3.78. The largest absolute Gasteiger partial charge is 0.478 e. The lowest BCUT2D eigenvalue weighted by Gasteiger charge is -2.10. The summed E-state index contributed by atoms with van der Waals surface area (Å²) in [4.78, 5) is 22.6. The highest BCUT2D eigenvalue weighted by atomic mass is 19.1. The van der Waals surface area contributed by atoms with Crippen molar-refractivity contribution in [1.29, 1.82) is 0 Å². The molecule has 2 aromatic carbocycles. The number of hydrogen-bond donors (Lipinski definition) is 2. The molecule has 2 N–H and O–H groups in total. The molecular formula is C15H11F2NO4. The number of aromatic carboxylic acids is 1. The molecule has 0 saturated heterocycles. The van der Waals surface area contributed by atoms with Gasteiger partial charge in [0.1, 0.15) is 12.4 Å². The van der Waals surface area contributed by atoms with Gasteiger partial charge in [-0.05, 0) is 11.6 Å². The smallest absolute Gasteiger partial charge is 0.412 e. The predicted molar refractivity (Wildman–Crippen MR) is 73.6 cm³/mol. The molecule has 0 heterocycles. The number of carbonyl (C=O) groups is 2. The van der Waals surface area contributed by atoms with Gasteiger partial charge in [0.15, 0.2) is 5.82 Å². The van der Waals surface area contributed by atoms with Gasteiger partial charge in [-0.2, -0.15) is 0 Å². The Bertz CT molecular complexity index is 704. The van der Waals surface area contributed by atoms with Crippen LogP contribution in [0.1, 0.15) is 15.9 Å². The summed E-state index contributed by atoms with van der Waals surface area (Å²) in [5.74, 6) is -3.83. The molecule has 5 nitrogen and oxygen atoms in total. The Morgan fingerprint density at radius 2 is 1.82 bits per heavy atom. The minimum absolute atomic E-state index is 0.0715. The van der Waals surface area contributed by atoms with Gasteiger partial charge in [0.05, 0.1) is 11.3 Å². The van der Waals surface area contributed by atoms with Crippen molar-refractivity contribution in [2.45, 2.75) is 6.61 Å². The third-order valence-corrected chi connectivity index (χ3v) is 2.73. The van der Waals surface area contributed by atoms with Gasteiger partial charge in [-0.1, -0.05) is 30.3 Å². The van der Waals surface area contributed by atoms with Gasteiger partial charge >= 0.3 is 12.1 Å². The van der Waals surface area contributed by atoms with Gasteiger partial charge in [-0.25, -0.2) is 18.4 Å². The predicted octanol–water partition coefficient (Wildman–Crippen LogP) is 3.41. The number of rotatable bonds is 4. The van der Waals surface area contributed by atoms with E-state index in [0.29, 0.717) is 17.7 Å². The van der Waals surface area contributed by atoms with Crippen molar-refractivity contribution in [2.24, 2.45) is 0 Å². The number of nitrogens with one attached hydrogen (secondary N) is 1. The number of carboxylic acids is 1. The lowest BCUT2D eigenvalue weighted by Crippen LogP contribution is -2.17. The summed E-state index contributed by atoms with van der Waals surface area (Å²) in [6.07, 6.45) is -1.04. The molecule has 0 aliphatic rings. The Labute approximate surface area is 124 Å². The molecule has 0 aliphatic heterocycles. The summed E-state index contributed by atoms with van der Waals surface area (Å²) in [6.45, 7) is -0.0715. The Balaban J connectivity index is 2.10. The molecule has 0 bridgehead atoms. The van der Waals surface area contributed by atoms with E-state index in [1.54, 1.807) is 30.3 Å². The molecule has 0 spiro atoms. The van der Waals surface area contributed by atoms with Crippen molar-refractivity contribution < 1.29 is 28.2 Å². The molecule has 2 rings (SSSR count). The normalized spacial score (nSPS) is 10.1. The van der Waals surface area contributed by atoms with Crippen molar-refractivity contribution >= 4 is 17.7 Å². The summed E-state index contributed by atoms with van der Waals surface area (Å²) in [5, 5.41) is 10.9. The fraction of sp³-hybridized carbons (Fsp3) is 0.0667. The monoisotopic (exact) mass is 307 g/mol. The quantitative estimate of drug-likeness (QED) is 0.907. The number of amides is 1. The number of carbonyl (C=O) groups excluding carboxylic acids is 1. The molecule has 0 aliphatic carbocycles. The average molecular weight is 307 g/mol. The molecule has 2 aromatic rings. The molecule has 1 amide bonds. The third-order valence-electron chi connectivity index (χ3n) is 2.73. The minimum atomic E-state index is -1.57. The highest BCUT2D eigenvalue weighted by molar-refractivity contribution is 5.98.